The maximum absolute atomic E-state index is 12.5. The summed E-state index contributed by atoms with van der Waals surface area (Å²) in [6.45, 7) is 1.82. The number of rotatable bonds is 7. The van der Waals surface area contributed by atoms with Crippen LogP contribution >= 0.6 is 11.6 Å². The van der Waals surface area contributed by atoms with Crippen LogP contribution in [0.15, 0.2) is 47.4 Å². The first-order chi connectivity index (χ1) is 11.4. The zero-order valence-electron chi connectivity index (χ0n) is 13.7. The van der Waals surface area contributed by atoms with Crippen molar-refractivity contribution in [3.05, 3.63) is 58.6 Å². The van der Waals surface area contributed by atoms with Gasteiger partial charge in [-0.25, -0.2) is 13.1 Å². The van der Waals surface area contributed by atoms with Gasteiger partial charge in [-0.05, 0) is 42.3 Å². The summed E-state index contributed by atoms with van der Waals surface area (Å²) in [5.74, 6) is 0.683. The summed E-state index contributed by atoms with van der Waals surface area (Å²) in [6, 6.07) is 12.1. The molecule has 0 aliphatic carbocycles. The molecule has 1 atom stereocenters. The van der Waals surface area contributed by atoms with Crippen molar-refractivity contribution < 1.29 is 17.9 Å². The largest absolute Gasteiger partial charge is 0.497 e. The molecule has 0 amide bonds. The highest BCUT2D eigenvalue weighted by Gasteiger charge is 2.20. The fraction of sp³-hybridized carbons (Fsp3) is 0.294. The Morgan fingerprint density at radius 2 is 1.92 bits per heavy atom. The lowest BCUT2D eigenvalue weighted by Gasteiger charge is -2.18. The Balaban J connectivity index is 2.18. The smallest absolute Gasteiger partial charge is 0.240 e. The van der Waals surface area contributed by atoms with Crippen LogP contribution in [0.1, 0.15) is 17.2 Å². The number of aryl methyl sites for hydroxylation is 1. The van der Waals surface area contributed by atoms with Gasteiger partial charge in [0.1, 0.15) is 5.75 Å². The van der Waals surface area contributed by atoms with Crippen LogP contribution in [0.3, 0.4) is 0 Å². The Kier molecular flexibility index (Phi) is 6.23. The van der Waals surface area contributed by atoms with Crippen molar-refractivity contribution in [1.29, 1.82) is 0 Å². The predicted molar refractivity (Wildman–Crippen MR) is 94.1 cm³/mol. The topological polar surface area (TPSA) is 64.6 Å². The Labute approximate surface area is 147 Å². The predicted octanol–water partition coefficient (Wildman–Crippen LogP) is 3.32. The molecule has 1 unspecified atom stereocenters. The van der Waals surface area contributed by atoms with Gasteiger partial charge < -0.3 is 9.47 Å². The number of benzene rings is 2. The van der Waals surface area contributed by atoms with Crippen LogP contribution < -0.4 is 9.46 Å². The lowest BCUT2D eigenvalue weighted by Crippen LogP contribution is -2.29. The van der Waals surface area contributed by atoms with Gasteiger partial charge in [0.2, 0.25) is 10.0 Å². The van der Waals surface area contributed by atoms with E-state index in [2.05, 4.69) is 4.72 Å². The molecule has 0 saturated heterocycles. The molecule has 0 saturated carbocycles. The van der Waals surface area contributed by atoms with E-state index in [1.165, 1.54) is 13.2 Å². The lowest BCUT2D eigenvalue weighted by molar-refractivity contribution is 0.107. The average molecular weight is 370 g/mol. The molecule has 7 heteroatoms. The van der Waals surface area contributed by atoms with E-state index in [0.29, 0.717) is 16.3 Å². The fourth-order valence-electron chi connectivity index (χ4n) is 2.31. The van der Waals surface area contributed by atoms with Crippen molar-refractivity contribution in [2.24, 2.45) is 0 Å². The maximum atomic E-state index is 12.5. The molecule has 0 heterocycles. The summed E-state index contributed by atoms with van der Waals surface area (Å²) in [4.78, 5) is 0.162. The van der Waals surface area contributed by atoms with E-state index in [0.717, 1.165) is 5.56 Å². The summed E-state index contributed by atoms with van der Waals surface area (Å²) in [6.07, 6.45) is -0.436. The van der Waals surface area contributed by atoms with Gasteiger partial charge in [-0.1, -0.05) is 29.8 Å². The number of halogens is 1. The summed E-state index contributed by atoms with van der Waals surface area (Å²) < 4.78 is 38.2. The Bertz CT molecular complexity index is 808. The van der Waals surface area contributed by atoms with Crippen molar-refractivity contribution in [2.45, 2.75) is 17.9 Å². The van der Waals surface area contributed by atoms with Crippen LogP contribution in [0.2, 0.25) is 5.02 Å². The second-order valence-corrected chi connectivity index (χ2v) is 7.43. The molecule has 5 nitrogen and oxygen atoms in total. The number of hydrogen-bond donors (Lipinski definition) is 1. The minimum absolute atomic E-state index is 0.0952. The maximum Gasteiger partial charge on any atom is 0.240 e. The summed E-state index contributed by atoms with van der Waals surface area (Å²) >= 11 is 5.91. The third-order valence-corrected chi connectivity index (χ3v) is 5.45. The molecule has 0 aliphatic rings. The summed E-state index contributed by atoms with van der Waals surface area (Å²) in [5.41, 5.74) is 1.45. The molecule has 0 spiro atoms. The van der Waals surface area contributed by atoms with E-state index in [4.69, 9.17) is 21.1 Å². The van der Waals surface area contributed by atoms with E-state index in [9.17, 15) is 8.42 Å². The Morgan fingerprint density at radius 3 is 2.58 bits per heavy atom. The zero-order valence-corrected chi connectivity index (χ0v) is 15.3. The van der Waals surface area contributed by atoms with Gasteiger partial charge >= 0.3 is 0 Å². The van der Waals surface area contributed by atoms with Gasteiger partial charge in [-0.2, -0.15) is 0 Å². The molecule has 0 aromatic heterocycles. The SMILES string of the molecule is COc1cccc(C(CNS(=O)(=O)c2cc(Cl)ccc2C)OC)c1. The van der Waals surface area contributed by atoms with Gasteiger partial charge in [0.15, 0.2) is 0 Å². The first kappa shape index (κ1) is 18.7. The molecule has 0 aliphatic heterocycles. The van der Waals surface area contributed by atoms with E-state index < -0.39 is 16.1 Å². The van der Waals surface area contributed by atoms with Gasteiger partial charge in [0.25, 0.3) is 0 Å². The molecule has 2 rings (SSSR count). The van der Waals surface area contributed by atoms with Crippen LogP contribution in [-0.4, -0.2) is 29.2 Å². The number of nitrogens with one attached hydrogen (secondary N) is 1. The standard InChI is InChI=1S/C17H20ClNO4S/c1-12-7-8-14(18)10-17(12)24(20,21)19-11-16(23-3)13-5-4-6-15(9-13)22-2/h4-10,16,19H,11H2,1-3H3. The molecular weight excluding hydrogens is 350 g/mol. The second kappa shape index (κ2) is 7.98. The van der Waals surface area contributed by atoms with E-state index in [-0.39, 0.29) is 11.4 Å². The molecule has 1 N–H and O–H groups in total. The van der Waals surface area contributed by atoms with Gasteiger partial charge in [0, 0.05) is 18.7 Å². The molecule has 2 aromatic carbocycles. The molecule has 24 heavy (non-hydrogen) atoms. The number of methoxy groups -OCH3 is 2. The van der Waals surface area contributed by atoms with Gasteiger partial charge in [-0.15, -0.1) is 0 Å². The number of ether oxygens (including phenoxy) is 2. The van der Waals surface area contributed by atoms with Gasteiger partial charge in [0.05, 0.1) is 18.1 Å². The lowest BCUT2D eigenvalue weighted by atomic mass is 10.1. The first-order valence-electron chi connectivity index (χ1n) is 7.30. The third-order valence-electron chi connectivity index (χ3n) is 3.65. The van der Waals surface area contributed by atoms with Crippen molar-refractivity contribution in [3.8, 4) is 5.75 Å². The zero-order chi connectivity index (χ0) is 17.7. The minimum atomic E-state index is -3.69. The molecule has 0 radical (unpaired) electrons. The first-order valence-corrected chi connectivity index (χ1v) is 9.16. The van der Waals surface area contributed by atoms with Crippen LogP contribution in [-0.2, 0) is 14.8 Å². The fourth-order valence-corrected chi connectivity index (χ4v) is 3.84. The Morgan fingerprint density at radius 1 is 1.17 bits per heavy atom. The Hall–Kier alpha value is -1.60. The normalized spacial score (nSPS) is 12.8. The number of hydrogen-bond acceptors (Lipinski definition) is 4. The van der Waals surface area contributed by atoms with Crippen LogP contribution in [0, 0.1) is 6.92 Å². The van der Waals surface area contributed by atoms with Crippen molar-refractivity contribution in [3.63, 3.8) is 0 Å². The van der Waals surface area contributed by atoms with Crippen LogP contribution in [0.4, 0.5) is 0 Å². The highest BCUT2D eigenvalue weighted by Crippen LogP contribution is 2.23. The summed E-state index contributed by atoms with van der Waals surface area (Å²) in [7, 11) is -0.582. The second-order valence-electron chi connectivity index (χ2n) is 5.26. The highest BCUT2D eigenvalue weighted by atomic mass is 35.5. The molecule has 2 aromatic rings. The molecule has 0 fully saturated rings. The van der Waals surface area contributed by atoms with Crippen molar-refractivity contribution >= 4 is 21.6 Å². The van der Waals surface area contributed by atoms with Crippen molar-refractivity contribution in [1.82, 2.24) is 4.72 Å². The molecular formula is C17H20ClNO4S. The quantitative estimate of drug-likeness (QED) is 0.813. The monoisotopic (exact) mass is 369 g/mol. The van der Waals surface area contributed by atoms with E-state index in [1.807, 2.05) is 24.3 Å². The van der Waals surface area contributed by atoms with Crippen molar-refractivity contribution in [2.75, 3.05) is 20.8 Å². The van der Waals surface area contributed by atoms with E-state index >= 15 is 0 Å². The highest BCUT2D eigenvalue weighted by molar-refractivity contribution is 7.89. The van der Waals surface area contributed by atoms with Gasteiger partial charge in [-0.3, -0.25) is 0 Å². The minimum Gasteiger partial charge on any atom is -0.497 e. The molecule has 0 bridgehead atoms. The molecule has 130 valence electrons. The summed E-state index contributed by atoms with van der Waals surface area (Å²) in [5, 5.41) is 0.372. The number of sulfonamides is 1. The van der Waals surface area contributed by atoms with E-state index in [1.54, 1.807) is 26.2 Å². The average Bonchev–Trinajstić information content (AvgIpc) is 2.57. The third kappa shape index (κ3) is 4.48. The van der Waals surface area contributed by atoms with Crippen LogP contribution in [0.25, 0.3) is 0 Å². The van der Waals surface area contributed by atoms with Crippen LogP contribution in [0.5, 0.6) is 5.75 Å².